The number of aromatic nitrogens is 2. The maximum absolute atomic E-state index is 13.0. The summed E-state index contributed by atoms with van der Waals surface area (Å²) in [5.74, 6) is -2.08. The number of hydrogen-bond donors (Lipinski definition) is 2. The van der Waals surface area contributed by atoms with Crippen LogP contribution in [-0.2, 0) is 27.6 Å². The highest BCUT2D eigenvalue weighted by molar-refractivity contribution is 5.77. The lowest BCUT2D eigenvalue weighted by Crippen LogP contribution is -2.34. The number of benzene rings is 1. The van der Waals surface area contributed by atoms with Crippen LogP contribution >= 0.6 is 0 Å². The van der Waals surface area contributed by atoms with E-state index in [1.165, 1.54) is 0 Å². The number of aromatic amines is 1. The van der Waals surface area contributed by atoms with Crippen molar-refractivity contribution in [2.45, 2.75) is 13.3 Å². The topological polar surface area (TPSA) is 119 Å². The standard InChI is InChI=1S/C15H14FN3O6/c16-11-7-19(14(22)18-13(11)21)9-25-12(20)6-17-15(23)24-8-10-4-2-1-3-5-10/h1-5,7H,6,8-9H2,(H,17,23)(H,18,21,22). The number of esters is 1. The fourth-order valence-corrected chi connectivity index (χ4v) is 1.69. The van der Waals surface area contributed by atoms with Gasteiger partial charge in [-0.15, -0.1) is 0 Å². The maximum atomic E-state index is 13.0. The van der Waals surface area contributed by atoms with Crippen LogP contribution in [0.25, 0.3) is 0 Å². The van der Waals surface area contributed by atoms with E-state index in [1.54, 1.807) is 29.2 Å². The average molecular weight is 351 g/mol. The normalized spacial score (nSPS) is 10.1. The summed E-state index contributed by atoms with van der Waals surface area (Å²) in [4.78, 5) is 46.8. The van der Waals surface area contributed by atoms with Gasteiger partial charge in [0, 0.05) is 0 Å². The summed E-state index contributed by atoms with van der Waals surface area (Å²) in [6.07, 6.45) is -0.219. The molecule has 9 nitrogen and oxygen atoms in total. The Bertz CT molecular complexity index is 862. The van der Waals surface area contributed by atoms with Gasteiger partial charge in [0.2, 0.25) is 5.82 Å². The number of halogens is 1. The highest BCUT2D eigenvalue weighted by atomic mass is 19.1. The van der Waals surface area contributed by atoms with Crippen molar-refractivity contribution in [2.24, 2.45) is 0 Å². The van der Waals surface area contributed by atoms with Gasteiger partial charge in [0.15, 0.2) is 6.73 Å². The molecule has 0 bridgehead atoms. The third-order valence-corrected chi connectivity index (χ3v) is 2.92. The number of nitrogens with zero attached hydrogens (tertiary/aromatic N) is 1. The molecule has 1 heterocycles. The minimum atomic E-state index is -1.20. The highest BCUT2D eigenvalue weighted by Gasteiger charge is 2.09. The number of H-pyrrole nitrogens is 1. The molecule has 0 saturated heterocycles. The van der Waals surface area contributed by atoms with E-state index < -0.39 is 42.4 Å². The monoisotopic (exact) mass is 351 g/mol. The van der Waals surface area contributed by atoms with Gasteiger partial charge in [-0.05, 0) is 5.56 Å². The number of carbonyl (C=O) groups excluding carboxylic acids is 2. The minimum absolute atomic E-state index is 0.0355. The van der Waals surface area contributed by atoms with Crippen LogP contribution in [0, 0.1) is 5.82 Å². The summed E-state index contributed by atoms with van der Waals surface area (Å²) in [5, 5.41) is 2.17. The Morgan fingerprint density at radius 2 is 1.88 bits per heavy atom. The summed E-state index contributed by atoms with van der Waals surface area (Å²) in [6, 6.07) is 8.93. The second-order valence-electron chi connectivity index (χ2n) is 4.77. The zero-order valence-electron chi connectivity index (χ0n) is 12.9. The fraction of sp³-hybridized carbons (Fsp3) is 0.200. The Morgan fingerprint density at radius 1 is 1.16 bits per heavy atom. The molecule has 0 fully saturated rings. The lowest BCUT2D eigenvalue weighted by molar-refractivity contribution is -0.146. The van der Waals surface area contributed by atoms with Crippen molar-refractivity contribution in [2.75, 3.05) is 6.54 Å². The van der Waals surface area contributed by atoms with Crippen LogP contribution in [0.15, 0.2) is 46.1 Å². The van der Waals surface area contributed by atoms with Crippen molar-refractivity contribution in [3.8, 4) is 0 Å². The van der Waals surface area contributed by atoms with Gasteiger partial charge in [-0.2, -0.15) is 4.39 Å². The number of rotatable bonds is 6. The Labute approximate surface area is 140 Å². The Hall–Kier alpha value is -3.43. The van der Waals surface area contributed by atoms with Crippen LogP contribution in [0.2, 0.25) is 0 Å². The van der Waals surface area contributed by atoms with Crippen LogP contribution in [0.3, 0.4) is 0 Å². The number of alkyl carbamates (subject to hydrolysis) is 1. The summed E-state index contributed by atoms with van der Waals surface area (Å²) in [5.41, 5.74) is -1.33. The quantitative estimate of drug-likeness (QED) is 0.713. The molecule has 0 saturated carbocycles. The van der Waals surface area contributed by atoms with Gasteiger partial charge < -0.3 is 14.8 Å². The summed E-state index contributed by atoms with van der Waals surface area (Å²) >= 11 is 0. The maximum Gasteiger partial charge on any atom is 0.407 e. The van der Waals surface area contributed by atoms with Gasteiger partial charge in [-0.3, -0.25) is 19.1 Å². The van der Waals surface area contributed by atoms with E-state index in [0.717, 1.165) is 5.56 Å². The summed E-state index contributed by atoms with van der Waals surface area (Å²) in [6.45, 7) is -1.09. The average Bonchev–Trinajstić information content (AvgIpc) is 2.61. The first-order valence-electron chi connectivity index (χ1n) is 7.05. The second kappa shape index (κ2) is 8.43. The zero-order valence-corrected chi connectivity index (χ0v) is 12.9. The molecule has 1 amide bonds. The molecule has 0 unspecified atom stereocenters. The molecule has 132 valence electrons. The molecule has 1 aromatic carbocycles. The Morgan fingerprint density at radius 3 is 2.60 bits per heavy atom. The van der Waals surface area contributed by atoms with Crippen LogP contribution in [0.1, 0.15) is 5.56 Å². The van der Waals surface area contributed by atoms with E-state index in [2.05, 4.69) is 10.1 Å². The molecule has 1 aromatic heterocycles. The van der Waals surface area contributed by atoms with E-state index in [-0.39, 0.29) is 6.61 Å². The van der Waals surface area contributed by atoms with Crippen molar-refractivity contribution < 1.29 is 23.5 Å². The SMILES string of the molecule is O=C(CNC(=O)OCc1ccccc1)OCn1cc(F)c(=O)[nH]c1=O. The van der Waals surface area contributed by atoms with E-state index in [9.17, 15) is 23.6 Å². The molecule has 0 spiro atoms. The Kier molecular flexibility index (Phi) is 6.04. The first-order valence-corrected chi connectivity index (χ1v) is 7.05. The number of nitrogens with one attached hydrogen (secondary N) is 2. The zero-order chi connectivity index (χ0) is 18.2. The van der Waals surface area contributed by atoms with Crippen LogP contribution < -0.4 is 16.6 Å². The summed E-state index contributed by atoms with van der Waals surface area (Å²) in [7, 11) is 0. The lowest BCUT2D eigenvalue weighted by Gasteiger charge is -2.08. The first-order chi connectivity index (χ1) is 12.0. The molecule has 0 aliphatic carbocycles. The molecule has 25 heavy (non-hydrogen) atoms. The first kappa shape index (κ1) is 17.9. The summed E-state index contributed by atoms with van der Waals surface area (Å²) < 4.78 is 23.3. The molecule has 0 aliphatic heterocycles. The van der Waals surface area contributed by atoms with Crippen molar-refractivity contribution >= 4 is 12.1 Å². The van der Waals surface area contributed by atoms with Gasteiger partial charge in [0.25, 0.3) is 5.56 Å². The van der Waals surface area contributed by atoms with E-state index in [0.29, 0.717) is 10.8 Å². The Balaban J connectivity index is 1.73. The van der Waals surface area contributed by atoms with Gasteiger partial charge in [0.1, 0.15) is 13.2 Å². The number of amides is 1. The number of carbonyl (C=O) groups is 2. The molecular formula is C15H14FN3O6. The molecule has 0 radical (unpaired) electrons. The van der Waals surface area contributed by atoms with Crippen molar-refractivity contribution in [3.63, 3.8) is 0 Å². The smallest absolute Gasteiger partial charge is 0.407 e. The predicted molar refractivity (Wildman–Crippen MR) is 82.0 cm³/mol. The second-order valence-corrected chi connectivity index (χ2v) is 4.77. The van der Waals surface area contributed by atoms with Gasteiger partial charge in [0.05, 0.1) is 6.20 Å². The number of ether oxygens (including phenoxy) is 2. The van der Waals surface area contributed by atoms with E-state index in [1.807, 2.05) is 6.07 Å². The molecule has 0 aliphatic rings. The van der Waals surface area contributed by atoms with Gasteiger partial charge >= 0.3 is 17.8 Å². The predicted octanol–water partition coefficient (Wildman–Crippen LogP) is 0.103. The van der Waals surface area contributed by atoms with Crippen molar-refractivity contribution in [1.29, 1.82) is 0 Å². The largest absolute Gasteiger partial charge is 0.445 e. The molecule has 2 N–H and O–H groups in total. The molecule has 2 aromatic rings. The third kappa shape index (κ3) is 5.61. The molecule has 2 rings (SSSR count). The molecule has 0 atom stereocenters. The lowest BCUT2D eigenvalue weighted by atomic mass is 10.2. The third-order valence-electron chi connectivity index (χ3n) is 2.92. The van der Waals surface area contributed by atoms with Crippen LogP contribution in [-0.4, -0.2) is 28.2 Å². The van der Waals surface area contributed by atoms with Crippen LogP contribution in [0.5, 0.6) is 0 Å². The van der Waals surface area contributed by atoms with Gasteiger partial charge in [-0.25, -0.2) is 9.59 Å². The van der Waals surface area contributed by atoms with E-state index in [4.69, 9.17) is 4.74 Å². The number of hydrogen-bond acceptors (Lipinski definition) is 6. The van der Waals surface area contributed by atoms with E-state index >= 15 is 0 Å². The van der Waals surface area contributed by atoms with Crippen molar-refractivity contribution in [1.82, 2.24) is 14.9 Å². The fourth-order valence-electron chi connectivity index (χ4n) is 1.69. The minimum Gasteiger partial charge on any atom is -0.445 e. The van der Waals surface area contributed by atoms with Crippen LogP contribution in [0.4, 0.5) is 9.18 Å². The molecule has 10 heteroatoms. The van der Waals surface area contributed by atoms with Crippen molar-refractivity contribution in [3.05, 3.63) is 68.7 Å². The van der Waals surface area contributed by atoms with Gasteiger partial charge in [-0.1, -0.05) is 30.3 Å². The molecular weight excluding hydrogens is 337 g/mol. The highest BCUT2D eigenvalue weighted by Crippen LogP contribution is 2.00.